The van der Waals surface area contributed by atoms with Gasteiger partial charge in [0.1, 0.15) is 18.2 Å². The molecule has 32 heteroatoms. The number of amides is 3. The van der Waals surface area contributed by atoms with Crippen molar-refractivity contribution in [1.82, 2.24) is 20.9 Å². The summed E-state index contributed by atoms with van der Waals surface area (Å²) in [6.07, 6.45) is -12.3. The van der Waals surface area contributed by atoms with E-state index in [0.717, 1.165) is 5.56 Å². The summed E-state index contributed by atoms with van der Waals surface area (Å²) in [7, 11) is 7.43. The van der Waals surface area contributed by atoms with E-state index in [1.807, 2.05) is 12.2 Å². The zero-order chi connectivity index (χ0) is 60.6. The standard InChI is InChI=1S/C47H61F17N6O9/c1-7-30(36(72)28-16-18-31(75-4)34(26-28)77-6)79-32-17-14-27(25-33(32)76-5)15-19-35(71)66-21-10-8-9-11-22-67-37(73)29(13-12-23-68-38(65)70(2)3)69-39(74)78-24-20-40(48,49)41(50,51)42(52,53)43(54,55)44(56,57)45(58,59)46(60,61)47(62,63)64/h14,16-18,25-26,29-30,36,72H,7-13,15,19-24H2,1-6H3,(H2,65,68)(H,66,71)(H,67,73)(H,69,74)/t29?,30-,36+/m1/s1. The maximum atomic E-state index is 14.4. The minimum Gasteiger partial charge on any atom is -0.493 e. The van der Waals surface area contributed by atoms with E-state index in [4.69, 9.17) is 24.7 Å². The summed E-state index contributed by atoms with van der Waals surface area (Å²) in [6, 6.07) is 8.46. The second-order valence-corrected chi connectivity index (χ2v) is 17.7. The van der Waals surface area contributed by atoms with Gasteiger partial charge in [-0.1, -0.05) is 31.9 Å². The van der Waals surface area contributed by atoms with Crippen molar-refractivity contribution in [3.63, 3.8) is 0 Å². The van der Waals surface area contributed by atoms with Gasteiger partial charge in [-0.3, -0.25) is 14.6 Å². The predicted molar refractivity (Wildman–Crippen MR) is 248 cm³/mol. The molecular weight excluding hydrogens is 1120 g/mol. The van der Waals surface area contributed by atoms with Crippen LogP contribution in [0.4, 0.5) is 79.4 Å². The van der Waals surface area contributed by atoms with Gasteiger partial charge >= 0.3 is 53.7 Å². The molecular formula is C47H61F17N6O9. The first kappa shape index (κ1) is 69.0. The number of methoxy groups -OCH3 is 3. The van der Waals surface area contributed by atoms with Gasteiger partial charge in [0.2, 0.25) is 11.8 Å². The van der Waals surface area contributed by atoms with Crippen LogP contribution in [0.1, 0.15) is 81.9 Å². The van der Waals surface area contributed by atoms with Crippen molar-refractivity contribution in [1.29, 1.82) is 0 Å². The van der Waals surface area contributed by atoms with Gasteiger partial charge in [-0.05, 0) is 73.9 Å². The Morgan fingerprint density at radius 2 is 1.19 bits per heavy atom. The fraction of sp³-hybridized carbons (Fsp3) is 0.660. The van der Waals surface area contributed by atoms with Crippen molar-refractivity contribution >= 4 is 23.9 Å². The van der Waals surface area contributed by atoms with Gasteiger partial charge in [-0.2, -0.15) is 74.6 Å². The fourth-order valence-electron chi connectivity index (χ4n) is 6.97. The SMILES string of the molecule is CC[C@@H](Oc1ccc(CCC(=O)NCCCCCCNC(=O)C(CCCN=C(N)N(C)C)NC(=O)OCCC(F)(F)C(F)(F)C(F)(F)C(F)(F)C(F)(F)C(F)(F)C(F)(F)C(F)(F)F)cc1OC)[C@@H](O)c1ccc(OC)c(OC)c1. The maximum absolute atomic E-state index is 14.4. The maximum Gasteiger partial charge on any atom is 0.460 e. The molecule has 79 heavy (non-hydrogen) atoms. The number of carbonyl (C=O) groups is 3. The molecule has 0 bridgehead atoms. The van der Waals surface area contributed by atoms with Crippen molar-refractivity contribution in [2.24, 2.45) is 10.7 Å². The first-order valence-corrected chi connectivity index (χ1v) is 23.8. The predicted octanol–water partition coefficient (Wildman–Crippen LogP) is 9.48. The molecule has 2 aromatic rings. The van der Waals surface area contributed by atoms with Gasteiger partial charge in [0.05, 0.1) is 34.4 Å². The number of nitrogens with one attached hydrogen (secondary N) is 3. The molecule has 0 fully saturated rings. The number of aliphatic imine (C=N–C) groups is 1. The van der Waals surface area contributed by atoms with Crippen molar-refractivity contribution < 1.29 is 118 Å². The molecule has 2 rings (SSSR count). The summed E-state index contributed by atoms with van der Waals surface area (Å²) in [4.78, 5) is 43.4. The van der Waals surface area contributed by atoms with Gasteiger partial charge in [-0.15, -0.1) is 0 Å². The summed E-state index contributed by atoms with van der Waals surface area (Å²) in [5, 5.41) is 18.2. The lowest BCUT2D eigenvalue weighted by atomic mass is 9.88. The number of alkyl carbamates (subject to hydrolysis) is 1. The molecule has 452 valence electrons. The van der Waals surface area contributed by atoms with Crippen LogP contribution in [0, 0.1) is 0 Å². The Kier molecular flexibility index (Phi) is 24.8. The highest BCUT2D eigenvalue weighted by atomic mass is 19.4. The topological polar surface area (TPSA) is 195 Å². The number of halogens is 17. The molecule has 15 nitrogen and oxygen atoms in total. The number of hydrogen-bond acceptors (Lipinski definition) is 10. The van der Waals surface area contributed by atoms with E-state index < -0.39 is 90.9 Å². The molecule has 0 aliphatic rings. The molecule has 0 saturated heterocycles. The Labute approximate surface area is 442 Å². The molecule has 0 heterocycles. The van der Waals surface area contributed by atoms with Gasteiger partial charge in [0, 0.05) is 40.2 Å². The lowest BCUT2D eigenvalue weighted by Crippen LogP contribution is -2.74. The van der Waals surface area contributed by atoms with Crippen molar-refractivity contribution in [2.45, 2.75) is 137 Å². The normalized spacial score (nSPS) is 14.4. The van der Waals surface area contributed by atoms with E-state index in [1.165, 1.54) is 40.3 Å². The van der Waals surface area contributed by atoms with E-state index >= 15 is 0 Å². The van der Waals surface area contributed by atoms with Gasteiger partial charge in [0.15, 0.2) is 29.0 Å². The molecule has 0 aromatic heterocycles. The van der Waals surface area contributed by atoms with Crippen LogP contribution in [-0.2, 0) is 20.7 Å². The van der Waals surface area contributed by atoms with E-state index in [1.54, 1.807) is 36.4 Å². The molecule has 0 saturated carbocycles. The molecule has 0 aliphatic carbocycles. The lowest BCUT2D eigenvalue weighted by Gasteiger charge is -2.42. The van der Waals surface area contributed by atoms with Crippen molar-refractivity contribution in [2.75, 3.05) is 61.7 Å². The number of benzene rings is 2. The number of alkyl halides is 17. The molecule has 1 unspecified atom stereocenters. The Morgan fingerprint density at radius 3 is 1.72 bits per heavy atom. The average Bonchev–Trinajstić information content (AvgIpc) is 3.37. The van der Waals surface area contributed by atoms with E-state index in [0.29, 0.717) is 67.1 Å². The smallest absolute Gasteiger partial charge is 0.460 e. The summed E-state index contributed by atoms with van der Waals surface area (Å²) in [5.74, 6) is -57.3. The lowest BCUT2D eigenvalue weighted by molar-refractivity contribution is -0.461. The number of nitrogens with two attached hydrogens (primary N) is 1. The number of nitrogens with zero attached hydrogens (tertiary/aromatic N) is 2. The Bertz CT molecular complexity index is 2330. The Morgan fingerprint density at radius 1 is 0.671 bits per heavy atom. The third kappa shape index (κ3) is 16.7. The highest BCUT2D eigenvalue weighted by molar-refractivity contribution is 5.85. The van der Waals surface area contributed by atoms with Crippen LogP contribution < -0.4 is 40.6 Å². The molecule has 0 radical (unpaired) electrons. The molecule has 6 N–H and O–H groups in total. The van der Waals surface area contributed by atoms with Crippen LogP contribution in [0.5, 0.6) is 23.0 Å². The number of unbranched alkanes of at least 4 members (excludes halogenated alkanes) is 3. The van der Waals surface area contributed by atoms with E-state index in [9.17, 15) is 94.1 Å². The highest BCUT2D eigenvalue weighted by Crippen LogP contribution is 2.64. The van der Waals surface area contributed by atoms with Gasteiger partial charge in [-0.25, -0.2) is 4.79 Å². The minimum atomic E-state index is -8.78. The Hall–Kier alpha value is -6.11. The largest absolute Gasteiger partial charge is 0.493 e. The van der Waals surface area contributed by atoms with Crippen LogP contribution in [-0.4, -0.2) is 155 Å². The van der Waals surface area contributed by atoms with Crippen LogP contribution in [0.15, 0.2) is 41.4 Å². The summed E-state index contributed by atoms with van der Waals surface area (Å²) in [6.45, 7) is -0.257. The molecule has 0 aliphatic heterocycles. The van der Waals surface area contributed by atoms with Crippen LogP contribution in [0.25, 0.3) is 0 Å². The summed E-state index contributed by atoms with van der Waals surface area (Å²) in [5.41, 5.74) is 6.96. The van der Waals surface area contributed by atoms with Crippen LogP contribution >= 0.6 is 0 Å². The number of aliphatic hydroxyl groups is 1. The average molecular weight is 1180 g/mol. The number of hydrogen-bond donors (Lipinski definition) is 5. The van der Waals surface area contributed by atoms with Crippen LogP contribution in [0.3, 0.4) is 0 Å². The zero-order valence-electron chi connectivity index (χ0n) is 43.2. The summed E-state index contributed by atoms with van der Waals surface area (Å²) < 4.78 is 258. The summed E-state index contributed by atoms with van der Waals surface area (Å²) >= 11 is 0. The zero-order valence-corrected chi connectivity index (χ0v) is 43.2. The van der Waals surface area contributed by atoms with E-state index in [2.05, 4.69) is 20.4 Å². The quantitative estimate of drug-likeness (QED) is 0.0198. The van der Waals surface area contributed by atoms with E-state index in [-0.39, 0.29) is 50.8 Å². The fourth-order valence-corrected chi connectivity index (χ4v) is 6.97. The van der Waals surface area contributed by atoms with Crippen LogP contribution in [0.2, 0.25) is 0 Å². The second-order valence-electron chi connectivity index (χ2n) is 17.7. The monoisotopic (exact) mass is 1180 g/mol. The molecule has 3 atom stereocenters. The van der Waals surface area contributed by atoms with Crippen molar-refractivity contribution in [3.8, 4) is 23.0 Å². The number of aryl methyl sites for hydroxylation is 1. The second kappa shape index (κ2) is 28.3. The number of guanidine groups is 1. The number of aliphatic hydroxyl groups excluding tert-OH is 1. The van der Waals surface area contributed by atoms with Gasteiger partial charge < -0.3 is 55.4 Å². The number of ether oxygens (including phenoxy) is 5. The Balaban J connectivity index is 1.94. The first-order valence-electron chi connectivity index (χ1n) is 23.8. The highest BCUT2D eigenvalue weighted by Gasteiger charge is 2.95. The minimum absolute atomic E-state index is 0.00757. The van der Waals surface area contributed by atoms with Gasteiger partial charge in [0.25, 0.3) is 0 Å². The molecule has 3 amide bonds. The number of rotatable bonds is 33. The molecule has 2 aromatic carbocycles. The molecule has 0 spiro atoms. The van der Waals surface area contributed by atoms with Crippen molar-refractivity contribution in [3.05, 3.63) is 47.5 Å². The third-order valence-electron chi connectivity index (χ3n) is 11.8. The number of carbonyl (C=O) groups excluding carboxylic acids is 3. The first-order chi connectivity index (χ1) is 36.4. The third-order valence-corrected chi connectivity index (χ3v) is 11.8.